The maximum absolute atomic E-state index is 2.37. The fourth-order valence-corrected chi connectivity index (χ4v) is 6.53. The quantitative estimate of drug-likeness (QED) is 0.283. The third-order valence-electron chi connectivity index (χ3n) is 7.95. The molecule has 35 heavy (non-hydrogen) atoms. The molecule has 172 valence electrons. The third kappa shape index (κ3) is 3.60. The first-order valence-electron chi connectivity index (χ1n) is 12.9. The van der Waals surface area contributed by atoms with Crippen molar-refractivity contribution in [1.82, 2.24) is 0 Å². The van der Waals surface area contributed by atoms with E-state index in [1.54, 1.807) is 11.1 Å². The molecule has 0 heterocycles. The third-order valence-corrected chi connectivity index (χ3v) is 7.95. The van der Waals surface area contributed by atoms with Gasteiger partial charge in [-0.25, -0.2) is 0 Å². The van der Waals surface area contributed by atoms with Gasteiger partial charge in [0.25, 0.3) is 0 Å². The lowest BCUT2D eigenvalue weighted by Crippen LogP contribution is -2.08. The van der Waals surface area contributed by atoms with Crippen LogP contribution < -0.4 is 0 Å². The van der Waals surface area contributed by atoms with Gasteiger partial charge in [-0.2, -0.15) is 0 Å². The molecule has 0 amide bonds. The molecule has 6 rings (SSSR count). The Morgan fingerprint density at radius 1 is 0.543 bits per heavy atom. The highest BCUT2D eigenvalue weighted by molar-refractivity contribution is 5.98. The summed E-state index contributed by atoms with van der Waals surface area (Å²) in [5, 5.41) is 0. The molecule has 0 aromatic heterocycles. The average molecular weight is 453 g/mol. The van der Waals surface area contributed by atoms with Gasteiger partial charge in [0, 0.05) is 5.92 Å². The molecule has 0 saturated carbocycles. The minimum Gasteiger partial charge on any atom is -0.0645 e. The Kier molecular flexibility index (Phi) is 5.53. The summed E-state index contributed by atoms with van der Waals surface area (Å²) in [4.78, 5) is 0. The number of hydrogen-bond acceptors (Lipinski definition) is 0. The van der Waals surface area contributed by atoms with Gasteiger partial charge in [-0.3, -0.25) is 0 Å². The minimum absolute atomic E-state index is 0.396. The van der Waals surface area contributed by atoms with Crippen molar-refractivity contribution in [3.8, 4) is 22.3 Å². The van der Waals surface area contributed by atoms with E-state index in [1.165, 1.54) is 55.7 Å². The van der Waals surface area contributed by atoms with E-state index >= 15 is 0 Å². The second-order valence-electron chi connectivity index (χ2n) is 10.1. The van der Waals surface area contributed by atoms with Gasteiger partial charge >= 0.3 is 0 Å². The van der Waals surface area contributed by atoms with E-state index in [0.717, 1.165) is 19.3 Å². The van der Waals surface area contributed by atoms with E-state index in [0.29, 0.717) is 5.92 Å². The summed E-state index contributed by atoms with van der Waals surface area (Å²) in [6, 6.07) is 35.6. The van der Waals surface area contributed by atoms with Gasteiger partial charge in [0.2, 0.25) is 0 Å². The number of benzene rings is 4. The maximum Gasteiger partial charge on any atom is 0.00983 e. The predicted octanol–water partition coefficient (Wildman–Crippen LogP) is 9.41. The van der Waals surface area contributed by atoms with Crippen molar-refractivity contribution in [3.05, 3.63) is 130 Å². The van der Waals surface area contributed by atoms with Crippen LogP contribution in [0.1, 0.15) is 49.4 Å². The number of rotatable bonds is 5. The van der Waals surface area contributed by atoms with Crippen molar-refractivity contribution in [2.24, 2.45) is 5.92 Å². The highest BCUT2D eigenvalue weighted by Gasteiger charge is 2.34. The van der Waals surface area contributed by atoms with Crippen molar-refractivity contribution in [3.63, 3.8) is 0 Å². The highest BCUT2D eigenvalue weighted by atomic mass is 14.4. The minimum atomic E-state index is 0.396. The lowest BCUT2D eigenvalue weighted by molar-refractivity contribution is 0.806. The molecule has 4 aromatic rings. The Morgan fingerprint density at radius 3 is 1.37 bits per heavy atom. The Balaban J connectivity index is 1.54. The molecule has 2 aliphatic rings. The van der Waals surface area contributed by atoms with Crippen molar-refractivity contribution in [2.45, 2.75) is 40.0 Å². The Morgan fingerprint density at radius 2 is 0.971 bits per heavy atom. The first-order valence-corrected chi connectivity index (χ1v) is 12.9. The standard InChI is InChI=1S/C35H32/c1-4-29(32-23(2)21-27-17-11-19-30(34(27)32)25-13-7-5-8-14-25)33-24(3)22-28-18-12-20-31(35(28)33)26-15-9-6-10-16-26/h5-20,29H,4,21-22H2,1-3H3. The lowest BCUT2D eigenvalue weighted by atomic mass is 9.77. The zero-order chi connectivity index (χ0) is 23.9. The molecular weight excluding hydrogens is 420 g/mol. The van der Waals surface area contributed by atoms with Crippen molar-refractivity contribution < 1.29 is 0 Å². The van der Waals surface area contributed by atoms with Crippen molar-refractivity contribution >= 4 is 11.1 Å². The number of allylic oxidation sites excluding steroid dienone is 4. The van der Waals surface area contributed by atoms with Gasteiger partial charge < -0.3 is 0 Å². The van der Waals surface area contributed by atoms with Gasteiger partial charge in [-0.05, 0) is 88.8 Å². The molecule has 0 heteroatoms. The molecule has 0 fully saturated rings. The van der Waals surface area contributed by atoms with Gasteiger partial charge in [-0.15, -0.1) is 0 Å². The van der Waals surface area contributed by atoms with E-state index in [-0.39, 0.29) is 0 Å². The van der Waals surface area contributed by atoms with Crippen LogP contribution in [-0.4, -0.2) is 0 Å². The summed E-state index contributed by atoms with van der Waals surface area (Å²) >= 11 is 0. The highest BCUT2D eigenvalue weighted by Crippen LogP contribution is 2.52. The maximum atomic E-state index is 2.37. The zero-order valence-electron chi connectivity index (χ0n) is 20.9. The van der Waals surface area contributed by atoms with Crippen LogP contribution in [0.4, 0.5) is 0 Å². The van der Waals surface area contributed by atoms with Gasteiger partial charge in [0.1, 0.15) is 0 Å². The second-order valence-corrected chi connectivity index (χ2v) is 10.1. The van der Waals surface area contributed by atoms with Crippen LogP contribution in [-0.2, 0) is 12.8 Å². The number of fused-ring (bicyclic) bond motifs is 2. The Hall–Kier alpha value is -3.64. The van der Waals surface area contributed by atoms with E-state index in [2.05, 4.69) is 118 Å². The van der Waals surface area contributed by atoms with Crippen molar-refractivity contribution in [1.29, 1.82) is 0 Å². The van der Waals surface area contributed by atoms with E-state index < -0.39 is 0 Å². The SMILES string of the molecule is CCC(C1=C(C)Cc2cccc(-c3ccccc3)c21)C1=C(C)Cc2cccc(-c3ccccc3)c21. The molecule has 0 atom stereocenters. The fraction of sp³-hybridized carbons (Fsp3) is 0.200. The van der Waals surface area contributed by atoms with Crippen LogP contribution in [0, 0.1) is 5.92 Å². The van der Waals surface area contributed by atoms with Crippen LogP contribution in [0.3, 0.4) is 0 Å². The smallest absolute Gasteiger partial charge is 0.00983 e. The predicted molar refractivity (Wildman–Crippen MR) is 150 cm³/mol. The molecule has 0 spiro atoms. The Bertz CT molecular complexity index is 1350. The largest absolute Gasteiger partial charge is 0.0645 e. The van der Waals surface area contributed by atoms with Gasteiger partial charge in [0.05, 0.1) is 0 Å². The molecule has 0 bridgehead atoms. The first-order chi connectivity index (χ1) is 17.2. The topological polar surface area (TPSA) is 0 Å². The second kappa shape index (κ2) is 8.86. The van der Waals surface area contributed by atoms with Crippen molar-refractivity contribution in [2.75, 3.05) is 0 Å². The molecule has 4 aromatic carbocycles. The molecular formula is C35H32. The van der Waals surface area contributed by atoms with Crippen LogP contribution >= 0.6 is 0 Å². The zero-order valence-corrected chi connectivity index (χ0v) is 20.9. The molecule has 2 aliphatic carbocycles. The van der Waals surface area contributed by atoms with Crippen LogP contribution in [0.15, 0.2) is 108 Å². The van der Waals surface area contributed by atoms with Crippen LogP contribution in [0.5, 0.6) is 0 Å². The molecule has 0 unspecified atom stereocenters. The van der Waals surface area contributed by atoms with E-state index in [4.69, 9.17) is 0 Å². The van der Waals surface area contributed by atoms with Gasteiger partial charge in [-0.1, -0.05) is 115 Å². The van der Waals surface area contributed by atoms with Crippen LogP contribution in [0.2, 0.25) is 0 Å². The summed E-state index contributed by atoms with van der Waals surface area (Å²) in [6.45, 7) is 7.10. The lowest BCUT2D eigenvalue weighted by Gasteiger charge is -2.26. The van der Waals surface area contributed by atoms with E-state index in [9.17, 15) is 0 Å². The average Bonchev–Trinajstić information content (AvgIpc) is 3.41. The summed E-state index contributed by atoms with van der Waals surface area (Å²) in [6.07, 6.45) is 3.22. The molecule has 0 radical (unpaired) electrons. The molecule has 0 nitrogen and oxygen atoms in total. The first kappa shape index (κ1) is 21.9. The molecule has 0 aliphatic heterocycles. The molecule has 0 N–H and O–H groups in total. The van der Waals surface area contributed by atoms with Crippen LogP contribution in [0.25, 0.3) is 33.4 Å². The number of hydrogen-bond donors (Lipinski definition) is 0. The van der Waals surface area contributed by atoms with Gasteiger partial charge in [0.15, 0.2) is 0 Å². The summed E-state index contributed by atoms with van der Waals surface area (Å²) in [5.74, 6) is 0.396. The fourth-order valence-electron chi connectivity index (χ4n) is 6.53. The Labute approximate surface area is 209 Å². The summed E-state index contributed by atoms with van der Waals surface area (Å²) in [5.41, 5.74) is 17.5. The van der Waals surface area contributed by atoms with E-state index in [1.807, 2.05) is 0 Å². The molecule has 0 saturated heterocycles. The summed E-state index contributed by atoms with van der Waals surface area (Å²) < 4.78 is 0. The monoisotopic (exact) mass is 452 g/mol. The normalized spacial score (nSPS) is 14.6. The summed E-state index contributed by atoms with van der Waals surface area (Å²) in [7, 11) is 0.